The van der Waals surface area contributed by atoms with E-state index in [9.17, 15) is 4.79 Å². The van der Waals surface area contributed by atoms with Crippen LogP contribution in [0.1, 0.15) is 20.3 Å². The topological polar surface area (TPSA) is 64.3 Å². The first-order valence-corrected chi connectivity index (χ1v) is 4.06. The molecule has 0 radical (unpaired) electrons. The minimum atomic E-state index is -0.324. The van der Waals surface area contributed by atoms with Crippen LogP contribution in [-0.2, 0) is 9.53 Å². The maximum Gasteiger partial charge on any atom is 0.219 e. The zero-order chi connectivity index (χ0) is 9.61. The number of hydrogen-bond acceptors (Lipinski definition) is 3. The molecule has 0 aromatic rings. The highest BCUT2D eigenvalue weighted by Gasteiger charge is 2.24. The minimum Gasteiger partial charge on any atom is -0.383 e. The third-order valence-corrected chi connectivity index (χ3v) is 1.63. The molecule has 12 heavy (non-hydrogen) atoms. The molecule has 0 fully saturated rings. The van der Waals surface area contributed by atoms with Crippen LogP contribution in [-0.4, -0.2) is 31.7 Å². The van der Waals surface area contributed by atoms with Crippen LogP contribution in [0.5, 0.6) is 0 Å². The van der Waals surface area contributed by atoms with Crippen molar-refractivity contribution < 1.29 is 9.53 Å². The smallest absolute Gasteiger partial charge is 0.219 e. The van der Waals surface area contributed by atoms with E-state index in [1.807, 2.05) is 13.8 Å². The summed E-state index contributed by atoms with van der Waals surface area (Å²) >= 11 is 0. The van der Waals surface area contributed by atoms with Crippen LogP contribution in [0.2, 0.25) is 0 Å². The van der Waals surface area contributed by atoms with Crippen molar-refractivity contribution in [1.82, 2.24) is 5.32 Å². The monoisotopic (exact) mass is 174 g/mol. The third kappa shape index (κ3) is 4.31. The molecule has 0 aliphatic carbocycles. The highest BCUT2D eigenvalue weighted by Crippen LogP contribution is 2.08. The summed E-state index contributed by atoms with van der Waals surface area (Å²) in [5.41, 5.74) is 4.78. The molecule has 0 aromatic heterocycles. The number of primary amides is 1. The molecule has 0 aromatic carbocycles. The summed E-state index contributed by atoms with van der Waals surface area (Å²) < 4.78 is 4.99. The van der Waals surface area contributed by atoms with Gasteiger partial charge in [-0.25, -0.2) is 0 Å². The lowest BCUT2D eigenvalue weighted by molar-refractivity contribution is -0.119. The molecule has 1 amide bonds. The van der Waals surface area contributed by atoms with Crippen molar-refractivity contribution in [1.29, 1.82) is 0 Å². The SMILES string of the molecule is CCNC(C)(COC)CC(N)=O. The number of rotatable bonds is 6. The summed E-state index contributed by atoms with van der Waals surface area (Å²) in [5.74, 6) is -0.310. The van der Waals surface area contributed by atoms with Crippen molar-refractivity contribution in [2.24, 2.45) is 5.73 Å². The Kier molecular flexibility index (Phi) is 4.85. The molecule has 1 unspecified atom stereocenters. The number of hydrogen-bond donors (Lipinski definition) is 2. The largest absolute Gasteiger partial charge is 0.383 e. The lowest BCUT2D eigenvalue weighted by Crippen LogP contribution is -2.48. The first-order valence-electron chi connectivity index (χ1n) is 4.06. The summed E-state index contributed by atoms with van der Waals surface area (Å²) in [4.78, 5) is 10.7. The van der Waals surface area contributed by atoms with E-state index < -0.39 is 0 Å². The molecular formula is C8H18N2O2. The zero-order valence-corrected chi connectivity index (χ0v) is 8.02. The van der Waals surface area contributed by atoms with Crippen molar-refractivity contribution >= 4 is 5.91 Å². The van der Waals surface area contributed by atoms with E-state index in [4.69, 9.17) is 10.5 Å². The number of amides is 1. The van der Waals surface area contributed by atoms with Crippen LogP contribution >= 0.6 is 0 Å². The fourth-order valence-electron chi connectivity index (χ4n) is 1.29. The van der Waals surface area contributed by atoms with Gasteiger partial charge in [-0.2, -0.15) is 0 Å². The zero-order valence-electron chi connectivity index (χ0n) is 8.02. The standard InChI is InChI=1S/C8H18N2O2/c1-4-10-8(2,6-12-3)5-7(9)11/h10H,4-6H2,1-3H3,(H2,9,11). The predicted molar refractivity (Wildman–Crippen MR) is 47.8 cm³/mol. The van der Waals surface area contributed by atoms with Crippen LogP contribution in [0.15, 0.2) is 0 Å². The van der Waals surface area contributed by atoms with Crippen LogP contribution < -0.4 is 11.1 Å². The number of carbonyl (C=O) groups is 1. The van der Waals surface area contributed by atoms with Gasteiger partial charge in [0.1, 0.15) is 0 Å². The Morgan fingerprint density at radius 2 is 2.25 bits per heavy atom. The fraction of sp³-hybridized carbons (Fsp3) is 0.875. The molecule has 0 spiro atoms. The summed E-state index contributed by atoms with van der Waals surface area (Å²) in [7, 11) is 1.61. The van der Waals surface area contributed by atoms with Gasteiger partial charge >= 0.3 is 0 Å². The van der Waals surface area contributed by atoms with E-state index in [1.54, 1.807) is 7.11 Å². The van der Waals surface area contributed by atoms with Crippen LogP contribution in [0.25, 0.3) is 0 Å². The van der Waals surface area contributed by atoms with Crippen molar-refractivity contribution in [2.45, 2.75) is 25.8 Å². The van der Waals surface area contributed by atoms with Gasteiger partial charge in [0.15, 0.2) is 0 Å². The highest BCUT2D eigenvalue weighted by atomic mass is 16.5. The summed E-state index contributed by atoms with van der Waals surface area (Å²) in [5, 5.41) is 3.17. The molecule has 0 saturated heterocycles. The minimum absolute atomic E-state index is 0.300. The molecule has 3 N–H and O–H groups in total. The van der Waals surface area contributed by atoms with Gasteiger partial charge in [0.25, 0.3) is 0 Å². The molecule has 72 valence electrons. The third-order valence-electron chi connectivity index (χ3n) is 1.63. The molecule has 4 nitrogen and oxygen atoms in total. The van der Waals surface area contributed by atoms with Crippen molar-refractivity contribution in [3.63, 3.8) is 0 Å². The van der Waals surface area contributed by atoms with Gasteiger partial charge in [-0.1, -0.05) is 6.92 Å². The Morgan fingerprint density at radius 1 is 1.67 bits per heavy atom. The number of nitrogens with two attached hydrogens (primary N) is 1. The van der Waals surface area contributed by atoms with E-state index in [1.165, 1.54) is 0 Å². The molecule has 4 heteroatoms. The normalized spacial score (nSPS) is 15.6. The molecule has 1 atom stereocenters. The maximum absolute atomic E-state index is 10.7. The number of methoxy groups -OCH3 is 1. The van der Waals surface area contributed by atoms with Gasteiger partial charge in [0.2, 0.25) is 5.91 Å². The molecule has 0 bridgehead atoms. The number of likely N-dealkylation sites (N-methyl/N-ethyl adjacent to an activating group) is 1. The second-order valence-electron chi connectivity index (χ2n) is 3.17. The van der Waals surface area contributed by atoms with Gasteiger partial charge in [-0.05, 0) is 13.5 Å². The van der Waals surface area contributed by atoms with E-state index in [0.717, 1.165) is 6.54 Å². The van der Waals surface area contributed by atoms with E-state index >= 15 is 0 Å². The molecule has 0 heterocycles. The quantitative estimate of drug-likeness (QED) is 0.590. The van der Waals surface area contributed by atoms with Gasteiger partial charge in [0.05, 0.1) is 6.61 Å². The Labute approximate surface area is 73.5 Å². The van der Waals surface area contributed by atoms with Crippen LogP contribution in [0.3, 0.4) is 0 Å². The average molecular weight is 174 g/mol. The Balaban J connectivity index is 4.07. The summed E-state index contributed by atoms with van der Waals surface area (Å²) in [6, 6.07) is 0. The van der Waals surface area contributed by atoms with E-state index in [2.05, 4.69) is 5.32 Å². The lowest BCUT2D eigenvalue weighted by Gasteiger charge is -2.28. The fourth-order valence-corrected chi connectivity index (χ4v) is 1.29. The van der Waals surface area contributed by atoms with Gasteiger partial charge in [-0.15, -0.1) is 0 Å². The maximum atomic E-state index is 10.7. The average Bonchev–Trinajstić information content (AvgIpc) is 1.85. The van der Waals surface area contributed by atoms with Crippen molar-refractivity contribution in [3.8, 4) is 0 Å². The van der Waals surface area contributed by atoms with Gasteiger partial charge in [0, 0.05) is 19.1 Å². The van der Waals surface area contributed by atoms with Crippen molar-refractivity contribution in [3.05, 3.63) is 0 Å². The second-order valence-corrected chi connectivity index (χ2v) is 3.17. The lowest BCUT2D eigenvalue weighted by atomic mass is 9.99. The Hall–Kier alpha value is -0.610. The van der Waals surface area contributed by atoms with Gasteiger partial charge < -0.3 is 15.8 Å². The molecule has 0 aliphatic rings. The Bertz CT molecular complexity index is 142. The Morgan fingerprint density at radius 3 is 2.58 bits per heavy atom. The second kappa shape index (κ2) is 5.11. The number of nitrogens with one attached hydrogen (secondary N) is 1. The molecule has 0 saturated carbocycles. The summed E-state index contributed by atoms with van der Waals surface area (Å²) in [6.07, 6.45) is 0.300. The molecule has 0 aliphatic heterocycles. The van der Waals surface area contributed by atoms with Crippen LogP contribution in [0.4, 0.5) is 0 Å². The summed E-state index contributed by atoms with van der Waals surface area (Å²) in [6.45, 7) is 5.19. The predicted octanol–water partition coefficient (Wildman–Crippen LogP) is -0.124. The number of ether oxygens (including phenoxy) is 1. The van der Waals surface area contributed by atoms with Gasteiger partial charge in [-0.3, -0.25) is 4.79 Å². The first kappa shape index (κ1) is 11.4. The van der Waals surface area contributed by atoms with Crippen LogP contribution in [0, 0.1) is 0 Å². The first-order chi connectivity index (χ1) is 5.54. The number of carbonyl (C=O) groups excluding carboxylic acids is 1. The molecular weight excluding hydrogens is 156 g/mol. The highest BCUT2D eigenvalue weighted by molar-refractivity contribution is 5.75. The van der Waals surface area contributed by atoms with E-state index in [-0.39, 0.29) is 11.4 Å². The van der Waals surface area contributed by atoms with E-state index in [0.29, 0.717) is 13.0 Å². The van der Waals surface area contributed by atoms with Crippen molar-refractivity contribution in [2.75, 3.05) is 20.3 Å². The molecule has 0 rings (SSSR count).